The van der Waals surface area contributed by atoms with E-state index < -0.39 is 5.79 Å². The lowest BCUT2D eigenvalue weighted by Gasteiger charge is -2.69. The highest BCUT2D eigenvalue weighted by Gasteiger charge is 2.72. The van der Waals surface area contributed by atoms with Gasteiger partial charge in [-0.3, -0.25) is 0 Å². The van der Waals surface area contributed by atoms with Crippen LogP contribution in [0.25, 0.3) is 0 Å². The van der Waals surface area contributed by atoms with Crippen molar-refractivity contribution in [2.24, 2.45) is 34.5 Å². The molecule has 2 aliphatic heterocycles. The van der Waals surface area contributed by atoms with Gasteiger partial charge in [-0.1, -0.05) is 26.8 Å². The quantitative estimate of drug-likeness (QED) is 0.568. The molecule has 1 spiro atoms. The SMILES string of the molecule is C=C1C2CCC13OC(C)(CC)OC1CC4C(C)(CO)CCCC4(COC(=O)N4CCOCC4)C(C2)C13. The minimum atomic E-state index is -0.617. The molecule has 4 aliphatic carbocycles. The van der Waals surface area contributed by atoms with Crippen LogP contribution in [0.5, 0.6) is 0 Å². The highest BCUT2D eigenvalue weighted by Crippen LogP contribution is 2.71. The molecule has 36 heavy (non-hydrogen) atoms. The summed E-state index contributed by atoms with van der Waals surface area (Å²) < 4.78 is 25.5. The molecule has 9 atom stereocenters. The van der Waals surface area contributed by atoms with E-state index in [0.29, 0.717) is 44.7 Å². The Morgan fingerprint density at radius 2 is 1.97 bits per heavy atom. The van der Waals surface area contributed by atoms with Gasteiger partial charge in [0.05, 0.1) is 31.5 Å². The van der Waals surface area contributed by atoms with E-state index >= 15 is 0 Å². The maximum absolute atomic E-state index is 13.1. The van der Waals surface area contributed by atoms with Gasteiger partial charge in [-0.25, -0.2) is 4.79 Å². The van der Waals surface area contributed by atoms with Gasteiger partial charge in [0, 0.05) is 31.0 Å². The summed E-state index contributed by atoms with van der Waals surface area (Å²) in [6.07, 6.45) is 7.78. The van der Waals surface area contributed by atoms with Crippen LogP contribution in [0.1, 0.15) is 72.1 Å². The Balaban J connectivity index is 1.39. The first-order valence-electron chi connectivity index (χ1n) is 14.4. The van der Waals surface area contributed by atoms with Crippen LogP contribution in [0.4, 0.5) is 4.79 Å². The van der Waals surface area contributed by atoms with Crippen LogP contribution in [-0.2, 0) is 18.9 Å². The van der Waals surface area contributed by atoms with Crippen molar-refractivity contribution < 1.29 is 28.8 Å². The number of nitrogens with zero attached hydrogens (tertiary/aromatic N) is 1. The van der Waals surface area contributed by atoms with Crippen molar-refractivity contribution in [3.8, 4) is 0 Å². The lowest BCUT2D eigenvalue weighted by atomic mass is 9.41. The smallest absolute Gasteiger partial charge is 0.409 e. The van der Waals surface area contributed by atoms with Gasteiger partial charge in [0.2, 0.25) is 0 Å². The van der Waals surface area contributed by atoms with Crippen molar-refractivity contribution in [3.63, 3.8) is 0 Å². The van der Waals surface area contributed by atoms with E-state index in [-0.39, 0.29) is 47.1 Å². The number of ether oxygens (including phenoxy) is 4. The van der Waals surface area contributed by atoms with E-state index in [2.05, 4.69) is 27.4 Å². The molecule has 0 aromatic heterocycles. The average Bonchev–Trinajstić information content (AvgIpc) is 3.07. The molecule has 2 saturated heterocycles. The number of aliphatic hydroxyl groups excluding tert-OH is 1. The first-order chi connectivity index (χ1) is 17.2. The number of hydrogen-bond donors (Lipinski definition) is 1. The molecule has 7 nitrogen and oxygen atoms in total. The van der Waals surface area contributed by atoms with Crippen LogP contribution in [0.15, 0.2) is 12.2 Å². The van der Waals surface area contributed by atoms with Crippen LogP contribution in [0.3, 0.4) is 0 Å². The summed E-state index contributed by atoms with van der Waals surface area (Å²) in [5.74, 6) is 0.606. The fourth-order valence-electron chi connectivity index (χ4n) is 9.54. The maximum Gasteiger partial charge on any atom is 0.409 e. The summed E-state index contributed by atoms with van der Waals surface area (Å²) in [6.45, 7) is 14.0. The van der Waals surface area contributed by atoms with E-state index in [1.165, 1.54) is 5.57 Å². The molecular formula is C29H45NO6. The Labute approximate surface area is 215 Å². The van der Waals surface area contributed by atoms with Gasteiger partial charge < -0.3 is 29.0 Å². The van der Waals surface area contributed by atoms with Crippen LogP contribution in [0.2, 0.25) is 0 Å². The summed E-state index contributed by atoms with van der Waals surface area (Å²) in [7, 11) is 0. The summed E-state index contributed by atoms with van der Waals surface area (Å²) >= 11 is 0. The van der Waals surface area contributed by atoms with Crippen LogP contribution in [0, 0.1) is 34.5 Å². The van der Waals surface area contributed by atoms with Crippen molar-refractivity contribution in [1.82, 2.24) is 4.90 Å². The normalized spacial score (nSPS) is 49.8. The lowest BCUT2D eigenvalue weighted by Crippen LogP contribution is -2.71. The molecule has 6 aliphatic rings. The summed E-state index contributed by atoms with van der Waals surface area (Å²) in [5.41, 5.74) is 0.538. The van der Waals surface area contributed by atoms with E-state index in [4.69, 9.17) is 18.9 Å². The fourth-order valence-corrected chi connectivity index (χ4v) is 9.54. The second kappa shape index (κ2) is 8.69. The fraction of sp³-hybridized carbons (Fsp3) is 0.897. The standard InChI is InChI=1S/C29H45NO6/c1-5-27(4)35-22-16-23-26(3,17-31)8-6-9-28(23,18-34-25(32)30-11-13-33-14-12-30)21-15-20-7-10-29(36-27,19(20)2)24(21)22/h20-24,31H,2,5-18H2,1,3-4H3. The topological polar surface area (TPSA) is 77.5 Å². The molecular weight excluding hydrogens is 458 g/mol. The van der Waals surface area contributed by atoms with Crippen LogP contribution < -0.4 is 0 Å². The van der Waals surface area contributed by atoms with Crippen molar-refractivity contribution in [1.29, 1.82) is 0 Å². The highest BCUT2D eigenvalue weighted by atomic mass is 16.7. The van der Waals surface area contributed by atoms with Crippen LogP contribution >= 0.6 is 0 Å². The number of aliphatic hydroxyl groups is 1. The van der Waals surface area contributed by atoms with E-state index in [1.54, 1.807) is 4.90 Å². The maximum atomic E-state index is 13.1. The van der Waals surface area contributed by atoms with Crippen LogP contribution in [-0.4, -0.2) is 73.1 Å². The number of carbonyl (C=O) groups is 1. The first-order valence-corrected chi connectivity index (χ1v) is 14.4. The minimum Gasteiger partial charge on any atom is -0.449 e. The number of fused-ring (bicyclic) bond motifs is 3. The predicted octanol–water partition coefficient (Wildman–Crippen LogP) is 4.53. The molecule has 9 unspecified atom stereocenters. The second-order valence-electron chi connectivity index (χ2n) is 13.1. The summed E-state index contributed by atoms with van der Waals surface area (Å²) in [4.78, 5) is 14.9. The molecule has 202 valence electrons. The molecule has 1 amide bonds. The number of rotatable bonds is 4. The largest absolute Gasteiger partial charge is 0.449 e. The average molecular weight is 504 g/mol. The molecule has 0 aromatic rings. The van der Waals surface area contributed by atoms with Gasteiger partial charge in [0.25, 0.3) is 0 Å². The third-order valence-electron chi connectivity index (χ3n) is 11.5. The molecule has 6 fully saturated rings. The molecule has 6 rings (SSSR count). The molecule has 0 aromatic carbocycles. The number of amides is 1. The molecule has 2 heterocycles. The minimum absolute atomic E-state index is 0.0709. The number of morpholine rings is 1. The lowest BCUT2D eigenvalue weighted by molar-refractivity contribution is -0.387. The second-order valence-corrected chi connectivity index (χ2v) is 13.1. The molecule has 2 bridgehead atoms. The number of carbonyl (C=O) groups excluding carboxylic acids is 1. The van der Waals surface area contributed by atoms with Crippen molar-refractivity contribution >= 4 is 6.09 Å². The Hall–Kier alpha value is -1.15. The Morgan fingerprint density at radius 3 is 2.69 bits per heavy atom. The molecule has 4 saturated carbocycles. The third-order valence-corrected chi connectivity index (χ3v) is 11.5. The van der Waals surface area contributed by atoms with Gasteiger partial charge in [-0.05, 0) is 80.6 Å². The molecule has 7 heteroatoms. The Bertz CT molecular complexity index is 904. The van der Waals surface area contributed by atoms with Gasteiger partial charge in [0.1, 0.15) is 0 Å². The third kappa shape index (κ3) is 3.48. The molecule has 0 radical (unpaired) electrons. The van der Waals surface area contributed by atoms with Gasteiger partial charge in [0.15, 0.2) is 5.79 Å². The highest BCUT2D eigenvalue weighted by molar-refractivity contribution is 5.67. The van der Waals surface area contributed by atoms with Gasteiger partial charge >= 0.3 is 6.09 Å². The zero-order valence-electron chi connectivity index (χ0n) is 22.4. The van der Waals surface area contributed by atoms with Crippen molar-refractivity contribution in [2.45, 2.75) is 89.6 Å². The first kappa shape index (κ1) is 25.1. The summed E-state index contributed by atoms with van der Waals surface area (Å²) in [5, 5.41) is 10.7. The molecule has 1 N–H and O–H groups in total. The Kier molecular flexibility index (Phi) is 6.07. The van der Waals surface area contributed by atoms with E-state index in [0.717, 1.165) is 51.4 Å². The van der Waals surface area contributed by atoms with Crippen molar-refractivity contribution in [2.75, 3.05) is 39.5 Å². The van der Waals surface area contributed by atoms with E-state index in [1.807, 2.05) is 0 Å². The van der Waals surface area contributed by atoms with Gasteiger partial charge in [-0.2, -0.15) is 0 Å². The van der Waals surface area contributed by atoms with E-state index in [9.17, 15) is 9.90 Å². The monoisotopic (exact) mass is 503 g/mol. The predicted molar refractivity (Wildman–Crippen MR) is 134 cm³/mol. The zero-order valence-corrected chi connectivity index (χ0v) is 22.4. The summed E-state index contributed by atoms with van der Waals surface area (Å²) in [6, 6.07) is 0. The van der Waals surface area contributed by atoms with Crippen molar-refractivity contribution in [3.05, 3.63) is 12.2 Å². The van der Waals surface area contributed by atoms with Gasteiger partial charge in [-0.15, -0.1) is 0 Å². The zero-order chi connectivity index (χ0) is 25.3. The number of hydrogen-bond acceptors (Lipinski definition) is 6. The Morgan fingerprint density at radius 1 is 1.19 bits per heavy atom.